The number of rotatable bonds is 2. The lowest BCUT2D eigenvalue weighted by molar-refractivity contribution is -0.162. The van der Waals surface area contributed by atoms with E-state index in [2.05, 4.69) is 5.32 Å². The minimum absolute atomic E-state index is 0. The summed E-state index contributed by atoms with van der Waals surface area (Å²) in [6.07, 6.45) is -0.332. The number of halogens is 1. The zero-order chi connectivity index (χ0) is 8.97. The Labute approximate surface area is 84.4 Å². The Morgan fingerprint density at radius 1 is 1.62 bits per heavy atom. The highest BCUT2D eigenvalue weighted by molar-refractivity contribution is 5.85. The summed E-state index contributed by atoms with van der Waals surface area (Å²) in [6.45, 7) is 5.49. The van der Waals surface area contributed by atoms with Crippen molar-refractivity contribution in [1.29, 1.82) is 0 Å². The van der Waals surface area contributed by atoms with Crippen LogP contribution >= 0.6 is 12.4 Å². The SMILES string of the molecule is CCOC(=O)C1CNC[C@@H](C)O1.Cl. The van der Waals surface area contributed by atoms with Gasteiger partial charge in [-0.15, -0.1) is 12.4 Å². The largest absolute Gasteiger partial charge is 0.464 e. The molecule has 0 bridgehead atoms. The van der Waals surface area contributed by atoms with Crippen LogP contribution in [-0.2, 0) is 14.3 Å². The van der Waals surface area contributed by atoms with Gasteiger partial charge in [-0.1, -0.05) is 0 Å². The maximum atomic E-state index is 11.2. The summed E-state index contributed by atoms with van der Waals surface area (Å²) < 4.78 is 10.2. The fourth-order valence-electron chi connectivity index (χ4n) is 1.17. The minimum Gasteiger partial charge on any atom is -0.464 e. The average molecular weight is 210 g/mol. The van der Waals surface area contributed by atoms with Crippen molar-refractivity contribution in [3.05, 3.63) is 0 Å². The highest BCUT2D eigenvalue weighted by Crippen LogP contribution is 2.04. The molecular formula is C8H16ClNO3. The van der Waals surface area contributed by atoms with E-state index in [9.17, 15) is 4.79 Å². The van der Waals surface area contributed by atoms with E-state index >= 15 is 0 Å². The molecule has 0 radical (unpaired) electrons. The Bertz CT molecular complexity index is 165. The van der Waals surface area contributed by atoms with Gasteiger partial charge in [-0.25, -0.2) is 4.79 Å². The van der Waals surface area contributed by atoms with Crippen LogP contribution in [0.4, 0.5) is 0 Å². The van der Waals surface area contributed by atoms with Crippen molar-refractivity contribution < 1.29 is 14.3 Å². The van der Waals surface area contributed by atoms with Gasteiger partial charge in [0.1, 0.15) is 0 Å². The Balaban J connectivity index is 0.00000144. The minimum atomic E-state index is -0.423. The smallest absolute Gasteiger partial charge is 0.336 e. The van der Waals surface area contributed by atoms with Gasteiger partial charge in [0.15, 0.2) is 6.10 Å². The molecule has 1 saturated heterocycles. The summed E-state index contributed by atoms with van der Waals surface area (Å²) in [4.78, 5) is 11.2. The van der Waals surface area contributed by atoms with Crippen LogP contribution in [0.1, 0.15) is 13.8 Å². The fraction of sp³-hybridized carbons (Fsp3) is 0.875. The van der Waals surface area contributed by atoms with Crippen LogP contribution in [0.3, 0.4) is 0 Å². The third kappa shape index (κ3) is 3.93. The molecule has 0 aromatic heterocycles. The summed E-state index contributed by atoms with van der Waals surface area (Å²) in [5, 5.41) is 3.10. The molecule has 1 N–H and O–H groups in total. The first kappa shape index (κ1) is 12.7. The number of ether oxygens (including phenoxy) is 2. The molecule has 13 heavy (non-hydrogen) atoms. The lowest BCUT2D eigenvalue weighted by Gasteiger charge is -2.26. The third-order valence-electron chi connectivity index (χ3n) is 1.71. The molecule has 0 amide bonds. The standard InChI is InChI=1S/C8H15NO3.ClH/c1-3-11-8(10)7-5-9-4-6(2)12-7;/h6-7,9H,3-5H2,1-2H3;1H/t6-,7?;/m1./s1. The lowest BCUT2D eigenvalue weighted by atomic mass is 10.2. The summed E-state index contributed by atoms with van der Waals surface area (Å²) in [7, 11) is 0. The second kappa shape index (κ2) is 6.18. The lowest BCUT2D eigenvalue weighted by Crippen LogP contribution is -2.47. The van der Waals surface area contributed by atoms with Gasteiger partial charge in [0, 0.05) is 13.1 Å². The van der Waals surface area contributed by atoms with Gasteiger partial charge < -0.3 is 14.8 Å². The molecule has 1 unspecified atom stereocenters. The van der Waals surface area contributed by atoms with Crippen molar-refractivity contribution in [2.75, 3.05) is 19.7 Å². The zero-order valence-electron chi connectivity index (χ0n) is 7.91. The van der Waals surface area contributed by atoms with Gasteiger partial charge in [0.25, 0.3) is 0 Å². The normalized spacial score (nSPS) is 27.5. The van der Waals surface area contributed by atoms with Gasteiger partial charge in [0.2, 0.25) is 0 Å². The molecule has 0 aromatic carbocycles. The van der Waals surface area contributed by atoms with Gasteiger partial charge in [-0.2, -0.15) is 0 Å². The molecule has 1 rings (SSSR count). The second-order valence-corrected chi connectivity index (χ2v) is 2.85. The van der Waals surface area contributed by atoms with Crippen LogP contribution in [-0.4, -0.2) is 37.9 Å². The fourth-order valence-corrected chi connectivity index (χ4v) is 1.17. The maximum Gasteiger partial charge on any atom is 0.336 e. The van der Waals surface area contributed by atoms with Crippen molar-refractivity contribution >= 4 is 18.4 Å². The number of esters is 1. The molecule has 5 heteroatoms. The molecule has 1 aliphatic rings. The summed E-state index contributed by atoms with van der Waals surface area (Å²) in [5.74, 6) is -0.267. The average Bonchev–Trinajstić information content (AvgIpc) is 2.05. The summed E-state index contributed by atoms with van der Waals surface area (Å²) in [6, 6.07) is 0. The molecule has 0 spiro atoms. The van der Waals surface area contributed by atoms with Crippen molar-refractivity contribution in [1.82, 2.24) is 5.32 Å². The van der Waals surface area contributed by atoms with E-state index in [-0.39, 0.29) is 24.5 Å². The number of hydrogen-bond donors (Lipinski definition) is 1. The van der Waals surface area contributed by atoms with Crippen molar-refractivity contribution in [2.45, 2.75) is 26.1 Å². The van der Waals surface area contributed by atoms with E-state index in [1.807, 2.05) is 6.92 Å². The zero-order valence-corrected chi connectivity index (χ0v) is 8.73. The van der Waals surface area contributed by atoms with Crippen LogP contribution in [0, 0.1) is 0 Å². The number of carbonyl (C=O) groups is 1. The third-order valence-corrected chi connectivity index (χ3v) is 1.71. The van der Waals surface area contributed by atoms with Crippen LogP contribution < -0.4 is 5.32 Å². The van der Waals surface area contributed by atoms with E-state index in [0.29, 0.717) is 13.2 Å². The predicted octanol–water partition coefficient (Wildman–Crippen LogP) is 0.348. The molecule has 0 aromatic rings. The highest BCUT2D eigenvalue weighted by atomic mass is 35.5. The molecule has 2 atom stereocenters. The van der Waals surface area contributed by atoms with E-state index in [1.165, 1.54) is 0 Å². The maximum absolute atomic E-state index is 11.2. The van der Waals surface area contributed by atoms with Crippen LogP contribution in [0.15, 0.2) is 0 Å². The molecule has 1 aliphatic heterocycles. The monoisotopic (exact) mass is 209 g/mol. The number of carbonyl (C=O) groups excluding carboxylic acids is 1. The number of morpholine rings is 1. The van der Waals surface area contributed by atoms with Gasteiger partial charge >= 0.3 is 5.97 Å². The summed E-state index contributed by atoms with van der Waals surface area (Å²) in [5.41, 5.74) is 0. The Morgan fingerprint density at radius 2 is 2.31 bits per heavy atom. The highest BCUT2D eigenvalue weighted by Gasteiger charge is 2.26. The molecule has 0 aliphatic carbocycles. The van der Waals surface area contributed by atoms with E-state index in [0.717, 1.165) is 6.54 Å². The molecule has 0 saturated carbocycles. The van der Waals surface area contributed by atoms with Crippen molar-refractivity contribution in [2.24, 2.45) is 0 Å². The molecule has 1 fully saturated rings. The quantitative estimate of drug-likeness (QED) is 0.667. The summed E-state index contributed by atoms with van der Waals surface area (Å²) >= 11 is 0. The van der Waals surface area contributed by atoms with E-state index in [4.69, 9.17) is 9.47 Å². The number of nitrogens with one attached hydrogen (secondary N) is 1. The first-order valence-electron chi connectivity index (χ1n) is 4.27. The van der Waals surface area contributed by atoms with Gasteiger partial charge in [0.05, 0.1) is 12.7 Å². The first-order valence-corrected chi connectivity index (χ1v) is 4.27. The molecule has 4 nitrogen and oxygen atoms in total. The predicted molar refractivity (Wildman–Crippen MR) is 51.1 cm³/mol. The van der Waals surface area contributed by atoms with E-state index in [1.54, 1.807) is 6.92 Å². The van der Waals surface area contributed by atoms with Crippen molar-refractivity contribution in [3.8, 4) is 0 Å². The first-order chi connectivity index (χ1) is 5.74. The van der Waals surface area contributed by atoms with Crippen LogP contribution in [0.25, 0.3) is 0 Å². The topological polar surface area (TPSA) is 47.6 Å². The Morgan fingerprint density at radius 3 is 2.85 bits per heavy atom. The second-order valence-electron chi connectivity index (χ2n) is 2.85. The van der Waals surface area contributed by atoms with Gasteiger partial charge in [-0.05, 0) is 13.8 Å². The molecule has 1 heterocycles. The van der Waals surface area contributed by atoms with Crippen LogP contribution in [0.2, 0.25) is 0 Å². The van der Waals surface area contributed by atoms with Gasteiger partial charge in [-0.3, -0.25) is 0 Å². The van der Waals surface area contributed by atoms with E-state index < -0.39 is 6.10 Å². The van der Waals surface area contributed by atoms with Crippen molar-refractivity contribution in [3.63, 3.8) is 0 Å². The Kier molecular flexibility index (Phi) is 6.03. The molecular weight excluding hydrogens is 194 g/mol. The molecule has 78 valence electrons. The Hall–Kier alpha value is -0.320. The number of hydrogen-bond acceptors (Lipinski definition) is 4. The van der Waals surface area contributed by atoms with Crippen LogP contribution in [0.5, 0.6) is 0 Å².